The molecule has 1 aromatic carbocycles. The highest BCUT2D eigenvalue weighted by atomic mass is 32.2. The van der Waals surface area contributed by atoms with Crippen LogP contribution in [0.4, 0.5) is 4.79 Å². The molecule has 1 rings (SSSR count). The molecule has 0 aliphatic heterocycles. The van der Waals surface area contributed by atoms with Gasteiger partial charge in [0.25, 0.3) is 0 Å². The third-order valence-corrected chi connectivity index (χ3v) is 5.80. The summed E-state index contributed by atoms with van der Waals surface area (Å²) < 4.78 is 53.4. The summed E-state index contributed by atoms with van der Waals surface area (Å²) in [6.07, 6.45) is -0.649. The second kappa shape index (κ2) is 7.70. The lowest BCUT2D eigenvalue weighted by Crippen LogP contribution is -2.49. The molecular weight excluding hydrogens is 410 g/mol. The van der Waals surface area contributed by atoms with Crippen LogP contribution in [0.1, 0.15) is 41.5 Å². The van der Waals surface area contributed by atoms with E-state index in [-0.39, 0.29) is 0 Å². The molecule has 0 N–H and O–H groups in total. The Balaban J connectivity index is 3.30. The second-order valence-corrected chi connectivity index (χ2v) is 11.6. The monoisotopic (exact) mass is 435 g/mol. The standard InChI is InChI=1S/C17H25NO8S2/c1-16(2,3)14(19)25-18(17(4,5)6)15(20)26-28(23,24)13-11-9-8-10-12(13)27(7,21)22/h8-11H,1-7H3. The molecule has 1 aromatic rings. The Labute approximate surface area is 165 Å². The van der Waals surface area contributed by atoms with Crippen LogP contribution in [-0.4, -0.2) is 45.8 Å². The third kappa shape index (κ3) is 5.93. The number of amides is 1. The van der Waals surface area contributed by atoms with Gasteiger partial charge in [0, 0.05) is 6.26 Å². The average Bonchev–Trinajstić information content (AvgIpc) is 2.48. The molecule has 0 unspecified atom stereocenters. The Bertz CT molecular complexity index is 967. The molecule has 158 valence electrons. The van der Waals surface area contributed by atoms with Crippen LogP contribution in [0.25, 0.3) is 0 Å². The summed E-state index contributed by atoms with van der Waals surface area (Å²) in [5, 5.41) is 0.501. The molecule has 0 saturated heterocycles. The second-order valence-electron chi connectivity index (χ2n) is 8.12. The van der Waals surface area contributed by atoms with Gasteiger partial charge >= 0.3 is 22.2 Å². The summed E-state index contributed by atoms with van der Waals surface area (Å²) in [4.78, 5) is 28.5. The van der Waals surface area contributed by atoms with Crippen LogP contribution in [0.5, 0.6) is 0 Å². The van der Waals surface area contributed by atoms with Crippen molar-refractivity contribution in [3.63, 3.8) is 0 Å². The predicted octanol–water partition coefficient (Wildman–Crippen LogP) is 2.52. The lowest BCUT2D eigenvalue weighted by Gasteiger charge is -2.33. The number of carbonyl (C=O) groups is 2. The zero-order chi connectivity index (χ0) is 22.1. The van der Waals surface area contributed by atoms with E-state index in [1.165, 1.54) is 32.9 Å². The van der Waals surface area contributed by atoms with Crippen LogP contribution in [0.2, 0.25) is 0 Å². The Hall–Kier alpha value is -2.14. The molecule has 0 radical (unpaired) electrons. The van der Waals surface area contributed by atoms with Crippen molar-refractivity contribution in [2.75, 3.05) is 6.26 Å². The SMILES string of the molecule is CC(C)(C)C(=O)ON(C(=O)OS(=O)(=O)c1ccccc1S(C)(=O)=O)C(C)(C)C. The van der Waals surface area contributed by atoms with E-state index in [0.717, 1.165) is 18.4 Å². The Kier molecular flexibility index (Phi) is 6.58. The topological polar surface area (TPSA) is 124 Å². The molecule has 0 saturated carbocycles. The fourth-order valence-electron chi connectivity index (χ4n) is 1.80. The van der Waals surface area contributed by atoms with E-state index in [1.807, 2.05) is 0 Å². The number of rotatable bonds is 3. The van der Waals surface area contributed by atoms with Gasteiger partial charge < -0.3 is 9.02 Å². The van der Waals surface area contributed by atoms with Gasteiger partial charge in [0.15, 0.2) is 9.84 Å². The molecule has 0 aliphatic carbocycles. The minimum atomic E-state index is -4.81. The van der Waals surface area contributed by atoms with Gasteiger partial charge in [-0.3, -0.25) is 0 Å². The van der Waals surface area contributed by atoms with Gasteiger partial charge in [-0.05, 0) is 53.7 Å². The van der Waals surface area contributed by atoms with E-state index in [4.69, 9.17) is 4.84 Å². The van der Waals surface area contributed by atoms with E-state index in [1.54, 1.807) is 20.8 Å². The van der Waals surface area contributed by atoms with Gasteiger partial charge in [-0.2, -0.15) is 8.42 Å². The lowest BCUT2D eigenvalue weighted by atomic mass is 9.98. The number of hydroxylamine groups is 2. The van der Waals surface area contributed by atoms with Crippen molar-refractivity contribution >= 4 is 32.0 Å². The molecule has 0 bridgehead atoms. The largest absolute Gasteiger partial charge is 0.459 e. The Morgan fingerprint density at radius 3 is 1.75 bits per heavy atom. The maximum atomic E-state index is 12.5. The fourth-order valence-corrected chi connectivity index (χ4v) is 4.23. The molecule has 1 amide bonds. The summed E-state index contributed by atoms with van der Waals surface area (Å²) >= 11 is 0. The van der Waals surface area contributed by atoms with E-state index in [2.05, 4.69) is 4.18 Å². The highest BCUT2D eigenvalue weighted by molar-refractivity contribution is 7.92. The maximum Gasteiger partial charge on any atom is 0.459 e. The first-order valence-corrected chi connectivity index (χ1v) is 11.5. The Morgan fingerprint density at radius 2 is 1.36 bits per heavy atom. The van der Waals surface area contributed by atoms with Crippen molar-refractivity contribution in [1.82, 2.24) is 5.06 Å². The number of hydrogen-bond acceptors (Lipinski definition) is 8. The first-order valence-electron chi connectivity index (χ1n) is 8.17. The maximum absolute atomic E-state index is 12.5. The minimum Gasteiger partial charge on any atom is -0.334 e. The van der Waals surface area contributed by atoms with Gasteiger partial charge in [0.05, 0.1) is 15.8 Å². The zero-order valence-electron chi connectivity index (χ0n) is 16.8. The molecule has 0 fully saturated rings. The van der Waals surface area contributed by atoms with Crippen molar-refractivity contribution in [2.45, 2.75) is 56.9 Å². The first kappa shape index (κ1) is 23.9. The number of hydrogen-bond donors (Lipinski definition) is 0. The quantitative estimate of drug-likeness (QED) is 0.524. The molecule has 11 heteroatoms. The average molecular weight is 436 g/mol. The van der Waals surface area contributed by atoms with Crippen molar-refractivity contribution in [2.24, 2.45) is 5.41 Å². The highest BCUT2D eigenvalue weighted by Crippen LogP contribution is 2.26. The van der Waals surface area contributed by atoms with Crippen LogP contribution in [0.15, 0.2) is 34.1 Å². The van der Waals surface area contributed by atoms with Crippen LogP contribution in [0.3, 0.4) is 0 Å². The normalized spacial score (nSPS) is 13.0. The summed E-state index contributed by atoms with van der Waals surface area (Å²) in [6, 6.07) is 4.71. The predicted molar refractivity (Wildman–Crippen MR) is 100 cm³/mol. The number of benzene rings is 1. The van der Waals surface area contributed by atoms with Crippen molar-refractivity contribution in [3.8, 4) is 0 Å². The lowest BCUT2D eigenvalue weighted by molar-refractivity contribution is -0.206. The van der Waals surface area contributed by atoms with Gasteiger partial charge in [0.2, 0.25) is 0 Å². The third-order valence-electron chi connectivity index (χ3n) is 3.26. The van der Waals surface area contributed by atoms with Crippen LogP contribution in [-0.2, 0) is 33.8 Å². The van der Waals surface area contributed by atoms with Crippen molar-refractivity contribution in [3.05, 3.63) is 24.3 Å². The van der Waals surface area contributed by atoms with Crippen molar-refractivity contribution in [1.29, 1.82) is 0 Å². The number of nitrogens with zero attached hydrogens (tertiary/aromatic N) is 1. The molecule has 9 nitrogen and oxygen atoms in total. The summed E-state index contributed by atoms with van der Waals surface area (Å²) in [5.74, 6) is -0.784. The minimum absolute atomic E-state index is 0.501. The smallest absolute Gasteiger partial charge is 0.334 e. The molecule has 0 atom stereocenters. The molecule has 28 heavy (non-hydrogen) atoms. The van der Waals surface area contributed by atoms with Crippen molar-refractivity contribution < 1.29 is 35.4 Å². The first-order chi connectivity index (χ1) is 12.4. The van der Waals surface area contributed by atoms with Crippen LogP contribution in [0, 0.1) is 5.41 Å². The van der Waals surface area contributed by atoms with Gasteiger partial charge in [-0.15, -0.1) is 5.06 Å². The molecule has 0 aromatic heterocycles. The highest BCUT2D eigenvalue weighted by Gasteiger charge is 2.39. The van der Waals surface area contributed by atoms with Gasteiger partial charge in [-0.1, -0.05) is 12.1 Å². The van der Waals surface area contributed by atoms with Gasteiger partial charge in [-0.25, -0.2) is 18.0 Å². The summed E-state index contributed by atoms with van der Waals surface area (Å²) in [6.45, 7) is 9.17. The van der Waals surface area contributed by atoms with Gasteiger partial charge in [0.1, 0.15) is 4.90 Å². The molecule has 0 spiro atoms. The zero-order valence-corrected chi connectivity index (χ0v) is 18.5. The summed E-state index contributed by atoms with van der Waals surface area (Å²) in [5.41, 5.74) is -2.10. The molecular formula is C17H25NO8S2. The summed E-state index contributed by atoms with van der Waals surface area (Å²) in [7, 11) is -8.72. The number of carbonyl (C=O) groups excluding carboxylic acids is 2. The van der Waals surface area contributed by atoms with Crippen LogP contribution >= 0.6 is 0 Å². The van der Waals surface area contributed by atoms with E-state index in [0.29, 0.717) is 5.06 Å². The molecule has 0 heterocycles. The Morgan fingerprint density at radius 1 is 0.893 bits per heavy atom. The fraction of sp³-hybridized carbons (Fsp3) is 0.529. The van der Waals surface area contributed by atoms with Crippen LogP contribution < -0.4 is 0 Å². The van der Waals surface area contributed by atoms with E-state index in [9.17, 15) is 26.4 Å². The van der Waals surface area contributed by atoms with E-state index >= 15 is 0 Å². The van der Waals surface area contributed by atoms with E-state index < -0.39 is 52.8 Å². The number of sulfone groups is 1. The molecule has 0 aliphatic rings.